The minimum atomic E-state index is -0.808. The summed E-state index contributed by atoms with van der Waals surface area (Å²) in [5.74, 6) is -1.30. The molecular formula is C26H22ClFN2O4. The van der Waals surface area contributed by atoms with Crippen LogP contribution in [0.1, 0.15) is 29.3 Å². The highest BCUT2D eigenvalue weighted by Gasteiger charge is 2.50. The summed E-state index contributed by atoms with van der Waals surface area (Å²) in [5.41, 5.74) is 4.42. The van der Waals surface area contributed by atoms with Crippen molar-refractivity contribution in [2.24, 2.45) is 5.92 Å². The molecular weight excluding hydrogens is 459 g/mol. The Morgan fingerprint density at radius 2 is 2.09 bits per heavy atom. The molecule has 1 fully saturated rings. The molecule has 3 aliphatic rings. The van der Waals surface area contributed by atoms with Gasteiger partial charge in [-0.2, -0.15) is 0 Å². The van der Waals surface area contributed by atoms with Crippen molar-refractivity contribution in [1.82, 2.24) is 9.88 Å². The zero-order chi connectivity index (χ0) is 23.6. The Morgan fingerprint density at radius 1 is 1.26 bits per heavy atom. The third-order valence-electron chi connectivity index (χ3n) is 7.26. The van der Waals surface area contributed by atoms with Crippen LogP contribution in [-0.2, 0) is 20.7 Å². The van der Waals surface area contributed by atoms with Crippen molar-refractivity contribution in [3.63, 3.8) is 0 Å². The Hall–Kier alpha value is -3.16. The second-order valence-corrected chi connectivity index (χ2v) is 9.41. The molecule has 174 valence electrons. The van der Waals surface area contributed by atoms with Crippen LogP contribution in [0, 0.1) is 11.7 Å². The molecule has 1 aromatic heterocycles. The van der Waals surface area contributed by atoms with Gasteiger partial charge in [-0.25, -0.2) is 4.39 Å². The highest BCUT2D eigenvalue weighted by molar-refractivity contribution is 6.49. The van der Waals surface area contributed by atoms with Crippen molar-refractivity contribution in [1.29, 1.82) is 0 Å². The number of hydrogen-bond donors (Lipinski definition) is 1. The molecule has 6 rings (SSSR count). The molecule has 3 aromatic rings. The molecule has 2 bridgehead atoms. The monoisotopic (exact) mass is 480 g/mol. The summed E-state index contributed by atoms with van der Waals surface area (Å²) >= 11 is 6.70. The van der Waals surface area contributed by atoms with E-state index in [2.05, 4.69) is 16.0 Å². The minimum Gasteiger partial charge on any atom is -0.488 e. The lowest BCUT2D eigenvalue weighted by Crippen LogP contribution is -2.57. The van der Waals surface area contributed by atoms with Gasteiger partial charge in [-0.05, 0) is 42.7 Å². The first-order valence-corrected chi connectivity index (χ1v) is 11.6. The molecule has 6 nitrogen and oxygen atoms in total. The summed E-state index contributed by atoms with van der Waals surface area (Å²) in [5, 5.41) is 1.54. The average molecular weight is 481 g/mol. The van der Waals surface area contributed by atoms with Crippen molar-refractivity contribution < 1.29 is 23.5 Å². The van der Waals surface area contributed by atoms with Crippen LogP contribution in [0.3, 0.4) is 0 Å². The lowest BCUT2D eigenvalue weighted by atomic mass is 9.76. The summed E-state index contributed by atoms with van der Waals surface area (Å²) in [4.78, 5) is 31.6. The van der Waals surface area contributed by atoms with E-state index < -0.39 is 23.7 Å². The average Bonchev–Trinajstić information content (AvgIpc) is 3.21. The smallest absolute Gasteiger partial charge is 0.316 e. The molecule has 0 radical (unpaired) electrons. The number of carbonyl (C=O) groups excluding carboxylic acids is 2. The Labute approximate surface area is 200 Å². The fourth-order valence-electron chi connectivity index (χ4n) is 5.64. The Morgan fingerprint density at radius 3 is 2.91 bits per heavy atom. The summed E-state index contributed by atoms with van der Waals surface area (Å²) in [6.45, 7) is 0.625. The first-order chi connectivity index (χ1) is 16.5. The molecule has 0 aliphatic carbocycles. The van der Waals surface area contributed by atoms with Gasteiger partial charge in [-0.1, -0.05) is 29.8 Å². The number of rotatable bonds is 3. The molecule has 3 aliphatic heterocycles. The molecule has 0 saturated carbocycles. The molecule has 8 heteroatoms. The number of hydrogen-bond acceptors (Lipinski definition) is 5. The highest BCUT2D eigenvalue weighted by Crippen LogP contribution is 2.46. The number of fused-ring (bicyclic) bond motifs is 7. The number of para-hydroxylation sites is 1. The van der Waals surface area contributed by atoms with Crippen LogP contribution >= 0.6 is 11.6 Å². The van der Waals surface area contributed by atoms with Crippen molar-refractivity contribution in [2.75, 3.05) is 20.3 Å². The van der Waals surface area contributed by atoms with Crippen LogP contribution in [0.5, 0.6) is 5.75 Å². The first-order valence-electron chi connectivity index (χ1n) is 11.2. The predicted molar refractivity (Wildman–Crippen MR) is 125 cm³/mol. The van der Waals surface area contributed by atoms with Gasteiger partial charge in [0.15, 0.2) is 5.78 Å². The van der Waals surface area contributed by atoms with Crippen molar-refractivity contribution in [3.05, 3.63) is 70.7 Å². The number of aromatic amines is 1. The van der Waals surface area contributed by atoms with Crippen LogP contribution in [-0.4, -0.2) is 47.9 Å². The molecule has 2 aromatic carbocycles. The molecule has 3 atom stereocenters. The minimum absolute atomic E-state index is 0.140. The summed E-state index contributed by atoms with van der Waals surface area (Å²) in [6, 6.07) is 11.6. The Bertz CT molecular complexity index is 1380. The van der Waals surface area contributed by atoms with E-state index in [1.807, 2.05) is 18.2 Å². The van der Waals surface area contributed by atoms with Gasteiger partial charge in [0, 0.05) is 34.3 Å². The Balaban J connectivity index is 1.43. The van der Waals surface area contributed by atoms with E-state index >= 15 is 0 Å². The van der Waals surface area contributed by atoms with Crippen molar-refractivity contribution >= 4 is 39.3 Å². The largest absolute Gasteiger partial charge is 0.488 e. The lowest BCUT2D eigenvalue weighted by Gasteiger charge is -2.47. The second kappa shape index (κ2) is 7.96. The van der Waals surface area contributed by atoms with Crippen molar-refractivity contribution in [2.45, 2.75) is 24.9 Å². The van der Waals surface area contributed by atoms with E-state index in [4.69, 9.17) is 21.1 Å². The molecule has 34 heavy (non-hydrogen) atoms. The third-order valence-corrected chi connectivity index (χ3v) is 7.73. The van der Waals surface area contributed by atoms with Crippen LogP contribution < -0.4 is 4.74 Å². The van der Waals surface area contributed by atoms with Crippen molar-refractivity contribution in [3.8, 4) is 5.75 Å². The van der Waals surface area contributed by atoms with E-state index in [9.17, 15) is 14.0 Å². The number of halogens is 2. The van der Waals surface area contributed by atoms with Gasteiger partial charge in [-0.15, -0.1) is 0 Å². The number of carbonyl (C=O) groups is 2. The van der Waals surface area contributed by atoms with E-state index in [-0.39, 0.29) is 18.4 Å². The van der Waals surface area contributed by atoms with E-state index in [0.29, 0.717) is 35.7 Å². The SMILES string of the molecule is COC(=O)C1CC2c3[nH]c4ccccc4c3CC(C1=O)N2CC1=C(Cl)c2cc(F)ccc2OC1. The number of H-pyrrole nitrogens is 1. The van der Waals surface area contributed by atoms with Gasteiger partial charge < -0.3 is 14.5 Å². The van der Waals surface area contributed by atoms with Gasteiger partial charge in [0.25, 0.3) is 0 Å². The number of piperidine rings is 1. The van der Waals surface area contributed by atoms with E-state index in [1.165, 1.54) is 19.2 Å². The maximum Gasteiger partial charge on any atom is 0.316 e. The molecule has 0 spiro atoms. The van der Waals surface area contributed by atoms with Crippen LogP contribution in [0.4, 0.5) is 4.39 Å². The van der Waals surface area contributed by atoms with Gasteiger partial charge >= 0.3 is 5.97 Å². The predicted octanol–water partition coefficient (Wildman–Crippen LogP) is 4.38. The van der Waals surface area contributed by atoms with Crippen LogP contribution in [0.15, 0.2) is 48.0 Å². The number of benzene rings is 2. The first kappa shape index (κ1) is 21.4. The third kappa shape index (κ3) is 3.18. The van der Waals surface area contributed by atoms with Gasteiger partial charge in [0.2, 0.25) is 0 Å². The number of esters is 1. The zero-order valence-electron chi connectivity index (χ0n) is 18.4. The number of nitrogens with zero attached hydrogens (tertiary/aromatic N) is 1. The summed E-state index contributed by atoms with van der Waals surface area (Å²) < 4.78 is 24.7. The maximum absolute atomic E-state index is 13.9. The van der Waals surface area contributed by atoms with E-state index in [1.54, 1.807) is 6.07 Å². The van der Waals surface area contributed by atoms with Gasteiger partial charge in [-0.3, -0.25) is 14.5 Å². The number of ketones is 1. The fourth-order valence-corrected chi connectivity index (χ4v) is 5.90. The number of ether oxygens (including phenoxy) is 2. The molecule has 4 heterocycles. The summed E-state index contributed by atoms with van der Waals surface area (Å²) in [7, 11) is 1.31. The number of aromatic nitrogens is 1. The van der Waals surface area contributed by atoms with E-state index in [0.717, 1.165) is 27.7 Å². The molecule has 1 N–H and O–H groups in total. The number of methoxy groups -OCH3 is 1. The topological polar surface area (TPSA) is 71.6 Å². The summed E-state index contributed by atoms with van der Waals surface area (Å²) in [6.07, 6.45) is 0.804. The van der Waals surface area contributed by atoms with Crippen LogP contribution in [0.2, 0.25) is 0 Å². The highest BCUT2D eigenvalue weighted by atomic mass is 35.5. The van der Waals surface area contributed by atoms with Gasteiger partial charge in [0.1, 0.15) is 24.1 Å². The number of nitrogens with one attached hydrogen (secondary N) is 1. The van der Waals surface area contributed by atoms with Gasteiger partial charge in [0.05, 0.1) is 24.2 Å². The zero-order valence-corrected chi connectivity index (χ0v) is 19.2. The molecule has 3 unspecified atom stereocenters. The molecule has 0 amide bonds. The normalized spacial score (nSPS) is 24.0. The fraction of sp³-hybridized carbons (Fsp3) is 0.308. The maximum atomic E-state index is 13.9. The quantitative estimate of drug-likeness (QED) is 0.445. The standard InChI is InChI=1S/C26H22ClFN2O4/c1-33-26(32)18-10-20-24-16(15-4-2-3-5-19(15)29-24)9-21(25(18)31)30(20)11-13-12-34-22-7-6-14(28)8-17(22)23(13)27/h2-8,18,20-21,29H,9-12H2,1H3. The number of Topliss-reactive ketones (excluding diaryl/α,β-unsaturated/α-hetero) is 1. The molecule has 1 saturated heterocycles. The lowest BCUT2D eigenvalue weighted by molar-refractivity contribution is -0.156. The van der Waals surface area contributed by atoms with Crippen LogP contribution in [0.25, 0.3) is 15.9 Å². The second-order valence-electron chi connectivity index (χ2n) is 9.03. The Kier molecular flexibility index (Phi) is 5.00.